The number of nitrogens with zero attached hydrogens (tertiary/aromatic N) is 1. The molecule has 0 bridgehead atoms. The fraction of sp³-hybridized carbons (Fsp3) is 0.571. The number of halogens is 3. The third-order valence-corrected chi connectivity index (χ3v) is 5.73. The molecule has 0 aromatic heterocycles. The summed E-state index contributed by atoms with van der Waals surface area (Å²) in [6.45, 7) is 4.24. The smallest absolute Gasteiger partial charge is 0.207 e. The highest BCUT2D eigenvalue weighted by Crippen LogP contribution is 2.35. The number of rotatable bonds is 6. The second-order valence-electron chi connectivity index (χ2n) is 5.71. The van der Waals surface area contributed by atoms with E-state index in [1.165, 1.54) is 10.4 Å². The van der Waals surface area contributed by atoms with Gasteiger partial charge in [-0.25, -0.2) is 12.8 Å². The molecule has 3 nitrogen and oxygen atoms in total. The van der Waals surface area contributed by atoms with Crippen molar-refractivity contribution < 1.29 is 12.8 Å². The highest BCUT2D eigenvalue weighted by Gasteiger charge is 2.39. The van der Waals surface area contributed by atoms with Crippen LogP contribution in [0.4, 0.5) is 4.39 Å². The lowest BCUT2D eigenvalue weighted by molar-refractivity contribution is 0.358. The first-order valence-corrected chi connectivity index (χ1v) is 9.18. The first-order valence-electron chi connectivity index (χ1n) is 6.83. The summed E-state index contributed by atoms with van der Waals surface area (Å²) >= 11 is 11.6. The summed E-state index contributed by atoms with van der Waals surface area (Å²) in [5.41, 5.74) is 0.100. The van der Waals surface area contributed by atoms with Crippen LogP contribution in [0.2, 0.25) is 5.02 Å². The summed E-state index contributed by atoms with van der Waals surface area (Å²) in [5, 5.41) is 0.172. The Morgan fingerprint density at radius 3 is 2.48 bits per heavy atom. The summed E-state index contributed by atoms with van der Waals surface area (Å²) < 4.78 is 41.3. The zero-order valence-electron chi connectivity index (χ0n) is 11.9. The Labute approximate surface area is 135 Å². The van der Waals surface area contributed by atoms with Crippen LogP contribution in [-0.4, -0.2) is 25.3 Å². The summed E-state index contributed by atoms with van der Waals surface area (Å²) in [7, 11) is -3.90. The van der Waals surface area contributed by atoms with E-state index >= 15 is 0 Å². The summed E-state index contributed by atoms with van der Waals surface area (Å²) in [6, 6.07) is 2.49. The molecule has 1 aromatic carbocycles. The van der Waals surface area contributed by atoms with Crippen molar-refractivity contribution in [2.45, 2.75) is 43.5 Å². The van der Waals surface area contributed by atoms with Crippen molar-refractivity contribution in [1.29, 1.82) is 0 Å². The van der Waals surface area contributed by atoms with Crippen LogP contribution in [0.15, 0.2) is 17.0 Å². The van der Waals surface area contributed by atoms with Crippen molar-refractivity contribution in [3.8, 4) is 0 Å². The predicted molar refractivity (Wildman–Crippen MR) is 82.7 cm³/mol. The third kappa shape index (κ3) is 3.70. The highest BCUT2D eigenvalue weighted by molar-refractivity contribution is 7.89. The highest BCUT2D eigenvalue weighted by atomic mass is 35.5. The maximum Gasteiger partial charge on any atom is 0.246 e. The molecule has 2 rings (SSSR count). The lowest BCUT2D eigenvalue weighted by atomic mass is 10.2. The summed E-state index contributed by atoms with van der Waals surface area (Å²) in [4.78, 5) is -0.377. The molecule has 0 amide bonds. The normalized spacial score (nSPS) is 16.0. The van der Waals surface area contributed by atoms with Gasteiger partial charge in [0.15, 0.2) is 0 Å². The molecule has 1 aromatic rings. The van der Waals surface area contributed by atoms with Gasteiger partial charge in [-0.05, 0) is 30.9 Å². The second-order valence-corrected chi connectivity index (χ2v) is 8.27. The number of alkyl halides is 1. The van der Waals surface area contributed by atoms with E-state index in [0.29, 0.717) is 6.54 Å². The molecule has 1 fully saturated rings. The van der Waals surface area contributed by atoms with Gasteiger partial charge in [-0.1, -0.05) is 25.4 Å². The fourth-order valence-electron chi connectivity index (χ4n) is 2.20. The third-order valence-electron chi connectivity index (χ3n) is 3.31. The quantitative estimate of drug-likeness (QED) is 0.724. The Balaban J connectivity index is 2.49. The number of benzene rings is 1. The van der Waals surface area contributed by atoms with Gasteiger partial charge in [0.05, 0.1) is 5.88 Å². The fourth-order valence-corrected chi connectivity index (χ4v) is 4.68. The molecule has 0 unspecified atom stereocenters. The Morgan fingerprint density at radius 1 is 1.38 bits per heavy atom. The summed E-state index contributed by atoms with van der Waals surface area (Å²) in [5.74, 6) is -0.762. The predicted octanol–water partition coefficient (Wildman–Crippen LogP) is 4.03. The first-order chi connectivity index (χ1) is 9.77. The average Bonchev–Trinajstić information content (AvgIpc) is 3.22. The maximum absolute atomic E-state index is 14.4. The topological polar surface area (TPSA) is 37.4 Å². The van der Waals surface area contributed by atoms with E-state index in [1.54, 1.807) is 0 Å². The lowest BCUT2D eigenvalue weighted by Crippen LogP contribution is -2.36. The van der Waals surface area contributed by atoms with Crippen LogP contribution < -0.4 is 0 Å². The van der Waals surface area contributed by atoms with Gasteiger partial charge < -0.3 is 0 Å². The first kappa shape index (κ1) is 17.0. The van der Waals surface area contributed by atoms with Crippen molar-refractivity contribution >= 4 is 33.2 Å². The molecule has 0 spiro atoms. The van der Waals surface area contributed by atoms with Crippen LogP contribution in [0.3, 0.4) is 0 Å². The van der Waals surface area contributed by atoms with Crippen molar-refractivity contribution in [2.75, 3.05) is 6.54 Å². The largest absolute Gasteiger partial charge is 0.246 e. The minimum Gasteiger partial charge on any atom is -0.207 e. The standard InChI is InChI=1S/C14H18Cl2FNO2S/c1-9(2)8-18(12-3-4-12)21(19,20)13-6-11(16)5-10(7-15)14(13)17/h5-6,9,12H,3-4,7-8H2,1-2H3. The van der Waals surface area contributed by atoms with E-state index in [1.807, 2.05) is 13.8 Å². The maximum atomic E-state index is 14.4. The van der Waals surface area contributed by atoms with Crippen molar-refractivity contribution in [1.82, 2.24) is 4.31 Å². The van der Waals surface area contributed by atoms with Gasteiger partial charge in [-0.3, -0.25) is 0 Å². The Morgan fingerprint density at radius 2 is 2.00 bits per heavy atom. The van der Waals surface area contributed by atoms with Gasteiger partial charge in [-0.15, -0.1) is 11.6 Å². The molecular weight excluding hydrogens is 336 g/mol. The average molecular weight is 354 g/mol. The van der Waals surface area contributed by atoms with Crippen LogP contribution in [0.25, 0.3) is 0 Å². The molecule has 0 aliphatic heterocycles. The van der Waals surface area contributed by atoms with Crippen LogP contribution in [0.1, 0.15) is 32.3 Å². The SMILES string of the molecule is CC(C)CN(C1CC1)S(=O)(=O)c1cc(Cl)cc(CCl)c1F. The van der Waals surface area contributed by atoms with E-state index in [9.17, 15) is 12.8 Å². The molecule has 118 valence electrons. The molecule has 0 saturated heterocycles. The van der Waals surface area contributed by atoms with E-state index in [-0.39, 0.29) is 33.3 Å². The Bertz CT molecular complexity index is 630. The molecule has 1 aliphatic carbocycles. The van der Waals surface area contributed by atoms with E-state index in [2.05, 4.69) is 0 Å². The van der Waals surface area contributed by atoms with Gasteiger partial charge in [-0.2, -0.15) is 4.31 Å². The van der Waals surface area contributed by atoms with Gasteiger partial charge in [0.1, 0.15) is 10.7 Å². The molecule has 0 atom stereocenters. The number of sulfonamides is 1. The molecule has 0 N–H and O–H groups in total. The van der Waals surface area contributed by atoms with E-state index in [4.69, 9.17) is 23.2 Å². The molecule has 1 aliphatic rings. The zero-order chi connectivity index (χ0) is 15.8. The molecule has 0 radical (unpaired) electrons. The molecule has 1 saturated carbocycles. The number of hydrogen-bond acceptors (Lipinski definition) is 2. The van der Waals surface area contributed by atoms with Gasteiger partial charge in [0.2, 0.25) is 10.0 Å². The second kappa shape index (κ2) is 6.41. The van der Waals surface area contributed by atoms with Crippen LogP contribution in [0.5, 0.6) is 0 Å². The Hall–Kier alpha value is -0.360. The van der Waals surface area contributed by atoms with Gasteiger partial charge >= 0.3 is 0 Å². The van der Waals surface area contributed by atoms with Gasteiger partial charge in [0.25, 0.3) is 0 Å². The van der Waals surface area contributed by atoms with E-state index in [0.717, 1.165) is 18.9 Å². The molecule has 0 heterocycles. The minimum atomic E-state index is -3.90. The monoisotopic (exact) mass is 353 g/mol. The van der Waals surface area contributed by atoms with Crippen molar-refractivity contribution in [3.63, 3.8) is 0 Å². The van der Waals surface area contributed by atoms with E-state index < -0.39 is 15.8 Å². The van der Waals surface area contributed by atoms with Crippen LogP contribution in [0, 0.1) is 11.7 Å². The van der Waals surface area contributed by atoms with Crippen molar-refractivity contribution in [2.24, 2.45) is 5.92 Å². The van der Waals surface area contributed by atoms with Crippen LogP contribution in [-0.2, 0) is 15.9 Å². The zero-order valence-corrected chi connectivity index (χ0v) is 14.3. The van der Waals surface area contributed by atoms with Crippen LogP contribution >= 0.6 is 23.2 Å². The Kier molecular flexibility index (Phi) is 5.19. The molecule has 7 heteroatoms. The molecule has 21 heavy (non-hydrogen) atoms. The minimum absolute atomic E-state index is 0.0322. The van der Waals surface area contributed by atoms with Crippen molar-refractivity contribution in [3.05, 3.63) is 28.5 Å². The van der Waals surface area contributed by atoms with Gasteiger partial charge in [0, 0.05) is 23.2 Å². The lowest BCUT2D eigenvalue weighted by Gasteiger charge is -2.24. The summed E-state index contributed by atoms with van der Waals surface area (Å²) in [6.07, 6.45) is 1.63. The number of hydrogen-bond donors (Lipinski definition) is 0. The molecular formula is C14H18Cl2FNO2S.